The van der Waals surface area contributed by atoms with E-state index in [2.05, 4.69) is 0 Å². The van der Waals surface area contributed by atoms with Crippen LogP contribution in [0.3, 0.4) is 0 Å². The van der Waals surface area contributed by atoms with Crippen LogP contribution in [-0.4, -0.2) is 18.4 Å². The average molecular weight is 286 g/mol. The molecule has 112 valence electrons. The van der Waals surface area contributed by atoms with Crippen molar-refractivity contribution >= 4 is 17.5 Å². The predicted molar refractivity (Wildman–Crippen MR) is 81.8 cm³/mol. The molecule has 0 bridgehead atoms. The molecule has 1 spiro atoms. The molecule has 0 atom stereocenters. The van der Waals surface area contributed by atoms with Gasteiger partial charge in [-0.15, -0.1) is 0 Å². The summed E-state index contributed by atoms with van der Waals surface area (Å²) in [6, 6.07) is 7.60. The minimum absolute atomic E-state index is 0.0375. The third-order valence-electron chi connectivity index (χ3n) is 4.84. The van der Waals surface area contributed by atoms with E-state index in [4.69, 9.17) is 5.73 Å². The van der Waals surface area contributed by atoms with Gasteiger partial charge in [-0.25, -0.2) is 0 Å². The highest BCUT2D eigenvalue weighted by molar-refractivity contribution is 6.17. The van der Waals surface area contributed by atoms with Crippen molar-refractivity contribution in [1.29, 1.82) is 0 Å². The maximum Gasteiger partial charge on any atom is 0.234 e. The third-order valence-corrected chi connectivity index (χ3v) is 4.84. The maximum absolute atomic E-state index is 12.5. The number of carbonyl (C=O) groups excluding carboxylic acids is 2. The Hall–Kier alpha value is -1.68. The molecule has 2 fully saturated rings. The highest BCUT2D eigenvalue weighted by atomic mass is 16.2. The molecule has 1 saturated carbocycles. The van der Waals surface area contributed by atoms with Crippen LogP contribution in [-0.2, 0) is 16.0 Å². The molecule has 1 aromatic rings. The second-order valence-electron chi connectivity index (χ2n) is 6.39. The van der Waals surface area contributed by atoms with Gasteiger partial charge < -0.3 is 5.73 Å². The summed E-state index contributed by atoms with van der Waals surface area (Å²) < 4.78 is 0. The fourth-order valence-corrected chi connectivity index (χ4v) is 3.75. The van der Waals surface area contributed by atoms with Gasteiger partial charge in [-0.1, -0.05) is 25.0 Å². The number of rotatable bonds is 3. The van der Waals surface area contributed by atoms with Gasteiger partial charge in [-0.05, 0) is 48.9 Å². The molecule has 0 radical (unpaired) electrons. The highest BCUT2D eigenvalue weighted by Gasteiger charge is 2.45. The Kier molecular flexibility index (Phi) is 3.81. The number of hydrogen-bond donors (Lipinski definition) is 1. The SMILES string of the molecule is NCCc1ccc(N2C(=O)CC3(CCCC3)CC2=O)cc1. The van der Waals surface area contributed by atoms with Crippen LogP contribution >= 0.6 is 0 Å². The van der Waals surface area contributed by atoms with Crippen molar-refractivity contribution in [2.45, 2.75) is 44.9 Å². The molecular weight excluding hydrogens is 264 g/mol. The summed E-state index contributed by atoms with van der Waals surface area (Å²) in [5, 5.41) is 0. The standard InChI is InChI=1S/C17H22N2O2/c18-10-7-13-3-5-14(6-4-13)19-15(20)11-17(12-16(19)21)8-1-2-9-17/h3-6H,1-2,7-12,18H2. The van der Waals surface area contributed by atoms with E-state index in [1.165, 1.54) is 4.90 Å². The van der Waals surface area contributed by atoms with E-state index in [9.17, 15) is 9.59 Å². The van der Waals surface area contributed by atoms with Gasteiger partial charge >= 0.3 is 0 Å². The van der Waals surface area contributed by atoms with Crippen molar-refractivity contribution in [3.05, 3.63) is 29.8 Å². The summed E-state index contributed by atoms with van der Waals surface area (Å²) in [5.41, 5.74) is 7.32. The maximum atomic E-state index is 12.5. The Balaban J connectivity index is 1.79. The topological polar surface area (TPSA) is 63.4 Å². The molecule has 4 heteroatoms. The first-order chi connectivity index (χ1) is 10.1. The van der Waals surface area contributed by atoms with Crippen LogP contribution in [0.5, 0.6) is 0 Å². The molecule has 3 rings (SSSR count). The average Bonchev–Trinajstić information content (AvgIpc) is 2.88. The normalized spacial score (nSPS) is 21.3. The summed E-state index contributed by atoms with van der Waals surface area (Å²) in [6.07, 6.45) is 6.18. The van der Waals surface area contributed by atoms with Gasteiger partial charge in [0.25, 0.3) is 0 Å². The molecule has 1 aliphatic carbocycles. The lowest BCUT2D eigenvalue weighted by Gasteiger charge is -2.37. The molecule has 1 aromatic carbocycles. The van der Waals surface area contributed by atoms with Crippen LogP contribution in [0.2, 0.25) is 0 Å². The molecule has 4 nitrogen and oxygen atoms in total. The van der Waals surface area contributed by atoms with Crippen LogP contribution in [0.15, 0.2) is 24.3 Å². The van der Waals surface area contributed by atoms with E-state index in [1.54, 1.807) is 0 Å². The first-order valence-corrected chi connectivity index (χ1v) is 7.78. The molecule has 1 aliphatic heterocycles. The van der Waals surface area contributed by atoms with Crippen molar-refractivity contribution in [1.82, 2.24) is 0 Å². The largest absolute Gasteiger partial charge is 0.330 e. The number of piperidine rings is 1. The Morgan fingerprint density at radius 3 is 2.10 bits per heavy atom. The zero-order valence-electron chi connectivity index (χ0n) is 12.3. The van der Waals surface area contributed by atoms with E-state index in [0.29, 0.717) is 25.1 Å². The van der Waals surface area contributed by atoms with Crippen molar-refractivity contribution < 1.29 is 9.59 Å². The summed E-state index contributed by atoms with van der Waals surface area (Å²) in [6.45, 7) is 0.601. The monoisotopic (exact) mass is 286 g/mol. The van der Waals surface area contributed by atoms with Gasteiger partial charge in [0.1, 0.15) is 0 Å². The first kappa shape index (κ1) is 14.3. The van der Waals surface area contributed by atoms with E-state index in [1.807, 2.05) is 24.3 Å². The van der Waals surface area contributed by atoms with Crippen molar-refractivity contribution in [3.8, 4) is 0 Å². The van der Waals surface area contributed by atoms with Crippen molar-refractivity contribution in [2.24, 2.45) is 11.1 Å². The van der Waals surface area contributed by atoms with Gasteiger partial charge in [-0.2, -0.15) is 0 Å². The first-order valence-electron chi connectivity index (χ1n) is 7.78. The summed E-state index contributed by atoms with van der Waals surface area (Å²) in [5.74, 6) is -0.0838. The molecule has 2 aliphatic rings. The number of nitrogens with two attached hydrogens (primary N) is 1. The lowest BCUT2D eigenvalue weighted by Crippen LogP contribution is -2.47. The van der Waals surface area contributed by atoms with Gasteiger partial charge in [0, 0.05) is 12.8 Å². The van der Waals surface area contributed by atoms with Crippen LogP contribution in [0.1, 0.15) is 44.1 Å². The fourth-order valence-electron chi connectivity index (χ4n) is 3.75. The number of hydrogen-bond acceptors (Lipinski definition) is 3. The molecular formula is C17H22N2O2. The lowest BCUT2D eigenvalue weighted by molar-refractivity contribution is -0.133. The highest BCUT2D eigenvalue weighted by Crippen LogP contribution is 2.47. The van der Waals surface area contributed by atoms with E-state index >= 15 is 0 Å². The smallest absolute Gasteiger partial charge is 0.234 e. The summed E-state index contributed by atoms with van der Waals surface area (Å²) in [4.78, 5) is 26.3. The van der Waals surface area contributed by atoms with E-state index < -0.39 is 0 Å². The Labute approximate surface area is 125 Å². The van der Waals surface area contributed by atoms with E-state index in [0.717, 1.165) is 37.7 Å². The molecule has 2 amide bonds. The van der Waals surface area contributed by atoms with Crippen molar-refractivity contribution in [2.75, 3.05) is 11.4 Å². The molecule has 0 aromatic heterocycles. The second kappa shape index (κ2) is 5.60. The predicted octanol–water partition coefficient (Wildman–Crippen LogP) is 2.40. The number of amides is 2. The van der Waals surface area contributed by atoms with Crippen LogP contribution < -0.4 is 10.6 Å². The molecule has 21 heavy (non-hydrogen) atoms. The molecule has 1 saturated heterocycles. The fraction of sp³-hybridized carbons (Fsp3) is 0.529. The zero-order chi connectivity index (χ0) is 14.9. The Bertz CT molecular complexity index is 524. The summed E-state index contributed by atoms with van der Waals surface area (Å²) in [7, 11) is 0. The van der Waals surface area contributed by atoms with Crippen LogP contribution in [0.25, 0.3) is 0 Å². The lowest BCUT2D eigenvalue weighted by atomic mass is 9.76. The second-order valence-corrected chi connectivity index (χ2v) is 6.39. The number of nitrogens with zero attached hydrogens (tertiary/aromatic N) is 1. The number of benzene rings is 1. The number of carbonyl (C=O) groups is 2. The summed E-state index contributed by atoms with van der Waals surface area (Å²) >= 11 is 0. The Morgan fingerprint density at radius 1 is 1.00 bits per heavy atom. The minimum atomic E-state index is -0.0419. The number of anilines is 1. The molecule has 1 heterocycles. The zero-order valence-corrected chi connectivity index (χ0v) is 12.3. The quantitative estimate of drug-likeness (QED) is 0.868. The van der Waals surface area contributed by atoms with Crippen LogP contribution in [0.4, 0.5) is 5.69 Å². The van der Waals surface area contributed by atoms with Gasteiger partial charge in [0.2, 0.25) is 11.8 Å². The van der Waals surface area contributed by atoms with E-state index in [-0.39, 0.29) is 17.2 Å². The van der Waals surface area contributed by atoms with Crippen molar-refractivity contribution in [3.63, 3.8) is 0 Å². The van der Waals surface area contributed by atoms with Crippen LogP contribution in [0, 0.1) is 5.41 Å². The third kappa shape index (κ3) is 2.72. The minimum Gasteiger partial charge on any atom is -0.330 e. The molecule has 0 unspecified atom stereocenters. The number of imide groups is 1. The van der Waals surface area contributed by atoms with Gasteiger partial charge in [-0.3, -0.25) is 14.5 Å². The Morgan fingerprint density at radius 2 is 1.57 bits per heavy atom. The van der Waals surface area contributed by atoms with Gasteiger partial charge in [0.15, 0.2) is 0 Å². The molecule has 2 N–H and O–H groups in total. The van der Waals surface area contributed by atoms with Gasteiger partial charge in [0.05, 0.1) is 5.69 Å².